The molecule has 162 valence electrons. The minimum Gasteiger partial charge on any atom is -0.493 e. The number of thiocarbonyl (C=S) groups is 1. The quantitative estimate of drug-likeness (QED) is 0.379. The number of aromatic nitrogens is 2. The Balaban J connectivity index is 1.53. The van der Waals surface area contributed by atoms with Crippen molar-refractivity contribution in [2.45, 2.75) is 0 Å². The lowest BCUT2D eigenvalue weighted by atomic mass is 10.2. The summed E-state index contributed by atoms with van der Waals surface area (Å²) in [7, 11) is 3.13. The zero-order valence-corrected chi connectivity index (χ0v) is 18.1. The van der Waals surface area contributed by atoms with Gasteiger partial charge < -0.3 is 24.8 Å². The predicted molar refractivity (Wildman–Crippen MR) is 125 cm³/mol. The molecule has 0 amide bonds. The van der Waals surface area contributed by atoms with E-state index >= 15 is 0 Å². The Bertz CT molecular complexity index is 1270. The number of hydrogen-bond donors (Lipinski definition) is 2. The molecular weight excluding hydrogens is 431 g/mol. The predicted octanol–water partition coefficient (Wildman–Crippen LogP) is 5.39. The Labute approximate surface area is 189 Å². The van der Waals surface area contributed by atoms with Crippen molar-refractivity contribution in [1.82, 2.24) is 9.97 Å². The fraction of sp³-hybridized carbons (Fsp3) is 0.0870. The van der Waals surface area contributed by atoms with Crippen LogP contribution in [0.1, 0.15) is 0 Å². The normalized spacial score (nSPS) is 10.5. The molecule has 4 aromatic rings. The van der Waals surface area contributed by atoms with E-state index in [9.17, 15) is 4.39 Å². The number of halogens is 1. The molecule has 0 unspecified atom stereocenters. The molecule has 0 saturated carbocycles. The minimum absolute atomic E-state index is 0.312. The van der Waals surface area contributed by atoms with Gasteiger partial charge in [0, 0.05) is 23.5 Å². The van der Waals surface area contributed by atoms with Gasteiger partial charge in [0.25, 0.3) is 0 Å². The number of nitrogens with one attached hydrogen (secondary N) is 2. The van der Waals surface area contributed by atoms with Gasteiger partial charge in [0.1, 0.15) is 17.9 Å². The molecule has 0 atom stereocenters. The molecule has 4 rings (SSSR count). The summed E-state index contributed by atoms with van der Waals surface area (Å²) >= 11 is 5.34. The van der Waals surface area contributed by atoms with E-state index in [2.05, 4.69) is 20.6 Å². The molecule has 0 bridgehead atoms. The smallest absolute Gasteiger partial charge is 0.230 e. The van der Waals surface area contributed by atoms with Crippen LogP contribution in [0.25, 0.3) is 10.9 Å². The lowest BCUT2D eigenvalue weighted by Gasteiger charge is -2.13. The summed E-state index contributed by atoms with van der Waals surface area (Å²) in [4.78, 5) is 8.55. The van der Waals surface area contributed by atoms with Crippen LogP contribution in [0.2, 0.25) is 0 Å². The van der Waals surface area contributed by atoms with Crippen LogP contribution in [-0.2, 0) is 0 Å². The fourth-order valence-corrected chi connectivity index (χ4v) is 3.25. The summed E-state index contributed by atoms with van der Waals surface area (Å²) in [6.45, 7) is 0. The first-order chi connectivity index (χ1) is 15.6. The van der Waals surface area contributed by atoms with Crippen molar-refractivity contribution in [3.63, 3.8) is 0 Å². The maximum absolute atomic E-state index is 13.1. The van der Waals surface area contributed by atoms with Gasteiger partial charge in [-0.25, -0.2) is 14.4 Å². The molecule has 0 spiro atoms. The molecule has 0 aliphatic carbocycles. The van der Waals surface area contributed by atoms with Crippen molar-refractivity contribution in [3.05, 3.63) is 72.8 Å². The summed E-state index contributed by atoms with van der Waals surface area (Å²) in [5.41, 5.74) is 2.04. The van der Waals surface area contributed by atoms with Crippen LogP contribution in [0.3, 0.4) is 0 Å². The summed E-state index contributed by atoms with van der Waals surface area (Å²) in [6.07, 6.45) is 1.42. The van der Waals surface area contributed by atoms with Crippen molar-refractivity contribution in [2.75, 3.05) is 24.9 Å². The van der Waals surface area contributed by atoms with Crippen molar-refractivity contribution < 1.29 is 18.6 Å². The van der Waals surface area contributed by atoms with E-state index < -0.39 is 0 Å². The molecule has 32 heavy (non-hydrogen) atoms. The zero-order valence-electron chi connectivity index (χ0n) is 17.3. The van der Waals surface area contributed by atoms with Crippen LogP contribution in [0.15, 0.2) is 67.0 Å². The molecule has 1 aromatic heterocycles. The van der Waals surface area contributed by atoms with Gasteiger partial charge in [0.2, 0.25) is 5.88 Å². The van der Waals surface area contributed by atoms with E-state index in [0.717, 1.165) is 0 Å². The average molecular weight is 450 g/mol. The summed E-state index contributed by atoms with van der Waals surface area (Å²) < 4.78 is 29.8. The molecule has 2 N–H and O–H groups in total. The van der Waals surface area contributed by atoms with Crippen LogP contribution in [0.4, 0.5) is 15.8 Å². The average Bonchev–Trinajstić information content (AvgIpc) is 2.80. The first-order valence-corrected chi connectivity index (χ1v) is 9.95. The third-order valence-corrected chi connectivity index (χ3v) is 4.72. The first kappa shape index (κ1) is 21.3. The highest BCUT2D eigenvalue weighted by atomic mass is 32.1. The topological polar surface area (TPSA) is 77.5 Å². The van der Waals surface area contributed by atoms with E-state index in [1.807, 2.05) is 12.1 Å². The molecule has 0 aliphatic rings. The van der Waals surface area contributed by atoms with Crippen LogP contribution in [0.5, 0.6) is 23.1 Å². The number of anilines is 2. The molecule has 0 saturated heterocycles. The largest absolute Gasteiger partial charge is 0.493 e. The Morgan fingerprint density at radius 1 is 0.875 bits per heavy atom. The van der Waals surface area contributed by atoms with Crippen LogP contribution in [0, 0.1) is 5.82 Å². The van der Waals surface area contributed by atoms with Crippen LogP contribution in [-0.4, -0.2) is 29.3 Å². The lowest BCUT2D eigenvalue weighted by Crippen LogP contribution is -2.18. The number of fused-ring (bicyclic) bond motifs is 1. The van der Waals surface area contributed by atoms with E-state index in [1.54, 1.807) is 50.6 Å². The van der Waals surface area contributed by atoms with Crippen molar-refractivity contribution in [2.24, 2.45) is 0 Å². The van der Waals surface area contributed by atoms with Crippen molar-refractivity contribution >= 4 is 39.6 Å². The molecule has 1 heterocycles. The third kappa shape index (κ3) is 4.84. The molecular formula is C23H19FN4O3S. The van der Waals surface area contributed by atoms with Gasteiger partial charge >= 0.3 is 0 Å². The maximum Gasteiger partial charge on any atom is 0.230 e. The molecule has 0 radical (unpaired) electrons. The van der Waals surface area contributed by atoms with E-state index in [4.69, 9.17) is 26.4 Å². The third-order valence-electron chi connectivity index (χ3n) is 4.51. The first-order valence-electron chi connectivity index (χ1n) is 9.54. The number of nitrogens with zero attached hydrogens (tertiary/aromatic N) is 2. The van der Waals surface area contributed by atoms with Gasteiger partial charge in [-0.05, 0) is 54.7 Å². The summed E-state index contributed by atoms with van der Waals surface area (Å²) in [6, 6.07) is 16.7. The monoisotopic (exact) mass is 450 g/mol. The van der Waals surface area contributed by atoms with Crippen molar-refractivity contribution in [1.29, 1.82) is 0 Å². The van der Waals surface area contributed by atoms with E-state index in [1.165, 1.54) is 18.5 Å². The molecule has 0 aliphatic heterocycles. The summed E-state index contributed by atoms with van der Waals surface area (Å²) in [5, 5.41) is 7.12. The molecule has 7 nitrogen and oxygen atoms in total. The SMILES string of the molecule is COc1cc2ncnc(Oc3cccc(NC(=S)Nc4ccc(F)cc4)c3)c2cc1OC. The van der Waals surface area contributed by atoms with Gasteiger partial charge in [-0.1, -0.05) is 6.07 Å². The second-order valence-corrected chi connectivity index (χ2v) is 7.03. The highest BCUT2D eigenvalue weighted by molar-refractivity contribution is 7.80. The Kier molecular flexibility index (Phi) is 6.27. The van der Waals surface area contributed by atoms with Gasteiger partial charge in [-0.15, -0.1) is 0 Å². The number of methoxy groups -OCH3 is 2. The standard InChI is InChI=1S/C23H19FN4O3S/c1-29-20-11-18-19(12-21(20)30-2)25-13-26-22(18)31-17-5-3-4-16(10-17)28-23(32)27-15-8-6-14(24)7-9-15/h3-13H,1-2H3,(H2,27,28,32). The van der Waals surface area contributed by atoms with Crippen LogP contribution < -0.4 is 24.8 Å². The second-order valence-electron chi connectivity index (χ2n) is 6.62. The fourth-order valence-electron chi connectivity index (χ4n) is 3.02. The molecule has 0 fully saturated rings. The lowest BCUT2D eigenvalue weighted by molar-refractivity contribution is 0.355. The van der Waals surface area contributed by atoms with Crippen LogP contribution >= 0.6 is 12.2 Å². The van der Waals surface area contributed by atoms with E-state index in [-0.39, 0.29) is 5.82 Å². The Morgan fingerprint density at radius 3 is 2.34 bits per heavy atom. The van der Waals surface area contributed by atoms with E-state index in [0.29, 0.717) is 50.5 Å². The number of benzene rings is 3. The second kappa shape index (κ2) is 9.44. The minimum atomic E-state index is -0.312. The Hall–Kier alpha value is -3.98. The summed E-state index contributed by atoms with van der Waals surface area (Å²) in [5.74, 6) is 1.73. The van der Waals surface area contributed by atoms with Gasteiger partial charge in [0.15, 0.2) is 16.6 Å². The van der Waals surface area contributed by atoms with Gasteiger partial charge in [0.05, 0.1) is 25.1 Å². The molecule has 9 heteroatoms. The van der Waals surface area contributed by atoms with Gasteiger partial charge in [-0.2, -0.15) is 0 Å². The maximum atomic E-state index is 13.1. The highest BCUT2D eigenvalue weighted by Crippen LogP contribution is 2.36. The molecule has 3 aromatic carbocycles. The highest BCUT2D eigenvalue weighted by Gasteiger charge is 2.13. The number of ether oxygens (including phenoxy) is 3. The van der Waals surface area contributed by atoms with Gasteiger partial charge in [-0.3, -0.25) is 0 Å². The number of rotatable bonds is 6. The zero-order chi connectivity index (χ0) is 22.5. The Morgan fingerprint density at radius 2 is 1.59 bits per heavy atom. The van der Waals surface area contributed by atoms with Crippen molar-refractivity contribution in [3.8, 4) is 23.1 Å². The number of hydrogen-bond acceptors (Lipinski definition) is 6.